The minimum absolute atomic E-state index is 0.0249. The van der Waals surface area contributed by atoms with Gasteiger partial charge in [-0.15, -0.1) is 0 Å². The molecule has 0 aliphatic carbocycles. The maximum Gasteiger partial charge on any atom is 0.272 e. The summed E-state index contributed by atoms with van der Waals surface area (Å²) in [5, 5.41) is 4.83. The van der Waals surface area contributed by atoms with Crippen LogP contribution >= 0.6 is 0 Å². The molecule has 6 rings (SSSR count). The van der Waals surface area contributed by atoms with Gasteiger partial charge in [0, 0.05) is 48.7 Å². The van der Waals surface area contributed by atoms with E-state index in [1.807, 2.05) is 24.2 Å². The van der Waals surface area contributed by atoms with Crippen LogP contribution < -0.4 is 5.32 Å². The number of aryl methyl sites for hydroxylation is 2. The molecule has 1 amide bonds. The fourth-order valence-electron chi connectivity index (χ4n) is 5.33. The average Bonchev–Trinajstić information content (AvgIpc) is 3.53. The van der Waals surface area contributed by atoms with Crippen LogP contribution in [0.2, 0.25) is 0 Å². The predicted octanol–water partition coefficient (Wildman–Crippen LogP) is 4.26. The number of fused-ring (bicyclic) bond motifs is 2. The third-order valence-corrected chi connectivity index (χ3v) is 7.17. The van der Waals surface area contributed by atoms with Crippen molar-refractivity contribution >= 4 is 16.9 Å². The SMILES string of the molecule is Cc1nccc(C(=O)N2CCc3cc(-c4cnc5[nH]cc(C)c5c4)cc([C@@H]4CCCN4)c3C2)n1. The fourth-order valence-corrected chi connectivity index (χ4v) is 5.33. The van der Waals surface area contributed by atoms with Crippen LogP contribution in [0.25, 0.3) is 22.2 Å². The molecule has 3 aromatic heterocycles. The van der Waals surface area contributed by atoms with Crippen molar-refractivity contribution in [2.75, 3.05) is 13.1 Å². The number of aromatic amines is 1. The van der Waals surface area contributed by atoms with Gasteiger partial charge in [-0.3, -0.25) is 4.79 Å². The number of hydrogen-bond acceptors (Lipinski definition) is 5. The average molecular weight is 453 g/mol. The van der Waals surface area contributed by atoms with E-state index >= 15 is 0 Å². The van der Waals surface area contributed by atoms with Crippen molar-refractivity contribution in [3.63, 3.8) is 0 Å². The van der Waals surface area contributed by atoms with Crippen LogP contribution in [0.4, 0.5) is 0 Å². The summed E-state index contributed by atoms with van der Waals surface area (Å²) in [6, 6.07) is 8.87. The number of pyridine rings is 1. The van der Waals surface area contributed by atoms with Gasteiger partial charge in [0.25, 0.3) is 5.91 Å². The summed E-state index contributed by atoms with van der Waals surface area (Å²) >= 11 is 0. The number of carbonyl (C=O) groups excluding carboxylic acids is 1. The van der Waals surface area contributed by atoms with Gasteiger partial charge in [0.1, 0.15) is 17.2 Å². The Hall–Kier alpha value is -3.58. The molecule has 34 heavy (non-hydrogen) atoms. The summed E-state index contributed by atoms with van der Waals surface area (Å²) in [5.74, 6) is 0.593. The Morgan fingerprint density at radius 2 is 2.06 bits per heavy atom. The number of aromatic nitrogens is 4. The van der Waals surface area contributed by atoms with Crippen molar-refractivity contribution < 1.29 is 4.79 Å². The van der Waals surface area contributed by atoms with E-state index in [1.165, 1.54) is 34.2 Å². The number of nitrogens with one attached hydrogen (secondary N) is 2. The maximum atomic E-state index is 13.2. The highest BCUT2D eigenvalue weighted by atomic mass is 16.2. The van der Waals surface area contributed by atoms with Crippen LogP contribution in [-0.2, 0) is 13.0 Å². The standard InChI is InChI=1S/C27H28N6O/c1-16-13-30-26-21(16)12-20(14-31-26)19-10-18-6-9-33(27(34)25-5-8-28-17(2)32-25)15-23(18)22(11-19)24-4-3-7-29-24/h5,8,10-14,24,29H,3-4,6-7,9,15H2,1-2H3,(H,30,31)/t24-/m0/s1. The van der Waals surface area contributed by atoms with E-state index in [0.29, 0.717) is 30.6 Å². The van der Waals surface area contributed by atoms with Gasteiger partial charge >= 0.3 is 0 Å². The molecule has 7 heteroatoms. The van der Waals surface area contributed by atoms with E-state index in [1.54, 1.807) is 12.3 Å². The van der Waals surface area contributed by atoms with Crippen LogP contribution in [0.5, 0.6) is 0 Å². The fraction of sp³-hybridized carbons (Fsp3) is 0.333. The van der Waals surface area contributed by atoms with Gasteiger partial charge < -0.3 is 15.2 Å². The van der Waals surface area contributed by atoms with Gasteiger partial charge in [0.2, 0.25) is 0 Å². The molecule has 0 unspecified atom stereocenters. The van der Waals surface area contributed by atoms with Crippen LogP contribution in [0.1, 0.15) is 57.5 Å². The van der Waals surface area contributed by atoms with E-state index in [4.69, 9.17) is 0 Å². The number of carbonyl (C=O) groups is 1. The van der Waals surface area contributed by atoms with E-state index in [9.17, 15) is 4.79 Å². The first-order chi connectivity index (χ1) is 16.6. The molecule has 172 valence electrons. The van der Waals surface area contributed by atoms with Crippen molar-refractivity contribution in [1.82, 2.24) is 30.2 Å². The Balaban J connectivity index is 1.40. The summed E-state index contributed by atoms with van der Waals surface area (Å²) in [4.78, 5) is 31.5. The third-order valence-electron chi connectivity index (χ3n) is 7.17. The largest absolute Gasteiger partial charge is 0.346 e. The van der Waals surface area contributed by atoms with Gasteiger partial charge in [0.05, 0.1) is 0 Å². The number of benzene rings is 1. The summed E-state index contributed by atoms with van der Waals surface area (Å²) in [7, 11) is 0. The lowest BCUT2D eigenvalue weighted by Crippen LogP contribution is -2.37. The first-order valence-corrected chi connectivity index (χ1v) is 12.0. The molecule has 7 nitrogen and oxygen atoms in total. The quantitative estimate of drug-likeness (QED) is 0.485. The summed E-state index contributed by atoms with van der Waals surface area (Å²) < 4.78 is 0. The molecule has 0 bridgehead atoms. The molecule has 0 saturated carbocycles. The van der Waals surface area contributed by atoms with E-state index in [0.717, 1.165) is 36.0 Å². The van der Waals surface area contributed by atoms with Crippen LogP contribution in [0.15, 0.2) is 42.9 Å². The zero-order valence-corrected chi connectivity index (χ0v) is 19.6. The molecule has 2 aliphatic rings. The highest BCUT2D eigenvalue weighted by molar-refractivity contribution is 5.92. The molecule has 1 atom stereocenters. The number of amides is 1. The number of hydrogen-bond donors (Lipinski definition) is 2. The number of nitrogens with zero attached hydrogens (tertiary/aromatic N) is 4. The molecule has 1 aromatic carbocycles. The van der Waals surface area contributed by atoms with E-state index in [-0.39, 0.29) is 5.91 Å². The maximum absolute atomic E-state index is 13.2. The lowest BCUT2D eigenvalue weighted by molar-refractivity contribution is 0.0727. The lowest BCUT2D eigenvalue weighted by Gasteiger charge is -2.32. The van der Waals surface area contributed by atoms with Gasteiger partial charge in [-0.05, 0) is 85.7 Å². The molecular formula is C27H28N6O. The smallest absolute Gasteiger partial charge is 0.272 e. The highest BCUT2D eigenvalue weighted by Gasteiger charge is 2.29. The summed E-state index contributed by atoms with van der Waals surface area (Å²) in [6.45, 7) is 6.25. The Bertz CT molecular complexity index is 1400. The molecule has 4 aromatic rings. The van der Waals surface area contributed by atoms with Gasteiger partial charge in [-0.2, -0.15) is 0 Å². The zero-order chi connectivity index (χ0) is 23.2. The monoisotopic (exact) mass is 452 g/mol. The zero-order valence-electron chi connectivity index (χ0n) is 19.6. The van der Waals surface area contributed by atoms with Crippen molar-refractivity contribution in [2.24, 2.45) is 0 Å². The Labute approximate surface area is 198 Å². The number of H-pyrrole nitrogens is 1. The van der Waals surface area contributed by atoms with E-state index < -0.39 is 0 Å². The topological polar surface area (TPSA) is 86.8 Å². The molecule has 1 saturated heterocycles. The van der Waals surface area contributed by atoms with Crippen LogP contribution in [0, 0.1) is 13.8 Å². The molecular weight excluding hydrogens is 424 g/mol. The van der Waals surface area contributed by atoms with E-state index in [2.05, 4.69) is 50.4 Å². The third kappa shape index (κ3) is 3.66. The Kier molecular flexibility index (Phi) is 5.14. The van der Waals surface area contributed by atoms with Crippen LogP contribution in [-0.4, -0.2) is 43.8 Å². The predicted molar refractivity (Wildman–Crippen MR) is 131 cm³/mol. The summed E-state index contributed by atoms with van der Waals surface area (Å²) in [5.41, 5.74) is 8.84. The first kappa shape index (κ1) is 21.0. The van der Waals surface area contributed by atoms with Gasteiger partial charge in [0.15, 0.2) is 0 Å². The second-order valence-corrected chi connectivity index (χ2v) is 9.41. The van der Waals surface area contributed by atoms with Crippen molar-refractivity contribution in [2.45, 2.75) is 45.7 Å². The molecule has 0 spiro atoms. The lowest BCUT2D eigenvalue weighted by atomic mass is 9.87. The first-order valence-electron chi connectivity index (χ1n) is 12.0. The second-order valence-electron chi connectivity index (χ2n) is 9.41. The van der Waals surface area contributed by atoms with Gasteiger partial charge in [-0.25, -0.2) is 15.0 Å². The molecule has 2 aliphatic heterocycles. The molecule has 5 heterocycles. The Morgan fingerprint density at radius 3 is 2.88 bits per heavy atom. The van der Waals surface area contributed by atoms with Crippen molar-refractivity contribution in [3.05, 3.63) is 76.6 Å². The van der Waals surface area contributed by atoms with Crippen LogP contribution in [0.3, 0.4) is 0 Å². The van der Waals surface area contributed by atoms with Crippen molar-refractivity contribution in [3.8, 4) is 11.1 Å². The minimum atomic E-state index is -0.0249. The second kappa shape index (κ2) is 8.33. The molecule has 0 radical (unpaired) electrons. The molecule has 1 fully saturated rings. The number of rotatable bonds is 3. The van der Waals surface area contributed by atoms with Crippen molar-refractivity contribution in [1.29, 1.82) is 0 Å². The minimum Gasteiger partial charge on any atom is -0.346 e. The highest BCUT2D eigenvalue weighted by Crippen LogP contribution is 2.36. The normalized spacial score (nSPS) is 17.8. The van der Waals surface area contributed by atoms with Gasteiger partial charge in [-0.1, -0.05) is 6.07 Å². The molecule has 2 N–H and O–H groups in total. The Morgan fingerprint density at radius 1 is 1.15 bits per heavy atom. The summed E-state index contributed by atoms with van der Waals surface area (Å²) in [6.07, 6.45) is 8.74.